The largest absolute Gasteiger partial charge is 0.369 e. The molecule has 0 spiro atoms. The molecule has 102 valence electrons. The van der Waals surface area contributed by atoms with E-state index in [1.807, 2.05) is 12.3 Å². The minimum atomic E-state index is 0.245. The molecule has 2 aromatic rings. The molecule has 0 radical (unpaired) electrons. The van der Waals surface area contributed by atoms with Crippen molar-refractivity contribution in [3.8, 4) is 0 Å². The first kappa shape index (κ1) is 12.9. The summed E-state index contributed by atoms with van der Waals surface area (Å²) in [5.74, 6) is 0.584. The first-order chi connectivity index (χ1) is 8.99. The minimum Gasteiger partial charge on any atom is -0.369 e. The van der Waals surface area contributed by atoms with Crippen LogP contribution in [0.25, 0.3) is 11.2 Å². The predicted molar refractivity (Wildman–Crippen MR) is 80.9 cm³/mol. The Bertz CT molecular complexity index is 617. The Balaban J connectivity index is 2.16. The summed E-state index contributed by atoms with van der Waals surface area (Å²) in [5.41, 5.74) is 8.17. The minimum absolute atomic E-state index is 0.245. The van der Waals surface area contributed by atoms with E-state index in [4.69, 9.17) is 5.73 Å². The molecule has 2 N–H and O–H groups in total. The number of nitrogens with two attached hydrogens (primary N) is 1. The lowest BCUT2D eigenvalue weighted by Gasteiger charge is -2.39. The van der Waals surface area contributed by atoms with Gasteiger partial charge in [0, 0.05) is 16.7 Å². The van der Waals surface area contributed by atoms with Crippen LogP contribution in [-0.4, -0.2) is 14.5 Å². The average molecular weight is 323 g/mol. The number of hydrogen-bond acceptors (Lipinski definition) is 3. The number of pyridine rings is 1. The second-order valence-corrected chi connectivity index (χ2v) is 7.00. The third-order valence-electron chi connectivity index (χ3n) is 4.29. The van der Waals surface area contributed by atoms with Gasteiger partial charge in [0.2, 0.25) is 5.95 Å². The average Bonchev–Trinajstić information content (AvgIpc) is 2.64. The molecule has 4 nitrogen and oxygen atoms in total. The number of rotatable bonds is 1. The lowest BCUT2D eigenvalue weighted by molar-refractivity contribution is 0.149. The van der Waals surface area contributed by atoms with E-state index in [1.165, 1.54) is 19.3 Å². The van der Waals surface area contributed by atoms with Gasteiger partial charge < -0.3 is 5.73 Å². The molecule has 2 heterocycles. The number of nitrogens with zero attached hydrogens (tertiary/aromatic N) is 3. The first-order valence-electron chi connectivity index (χ1n) is 6.78. The highest BCUT2D eigenvalue weighted by atomic mass is 79.9. The van der Waals surface area contributed by atoms with Gasteiger partial charge in [0.05, 0.1) is 0 Å². The molecular weight excluding hydrogens is 304 g/mol. The lowest BCUT2D eigenvalue weighted by Crippen LogP contribution is -2.31. The van der Waals surface area contributed by atoms with Crippen molar-refractivity contribution in [2.24, 2.45) is 5.41 Å². The smallest absolute Gasteiger partial charge is 0.202 e. The first-order valence-corrected chi connectivity index (χ1v) is 7.57. The van der Waals surface area contributed by atoms with Crippen molar-refractivity contribution >= 4 is 33.0 Å². The molecule has 1 aliphatic rings. The molecule has 1 atom stereocenters. The Morgan fingerprint density at radius 2 is 2.21 bits per heavy atom. The molecule has 0 saturated heterocycles. The fourth-order valence-electron chi connectivity index (χ4n) is 3.24. The molecule has 2 aromatic heterocycles. The van der Waals surface area contributed by atoms with E-state index >= 15 is 0 Å². The van der Waals surface area contributed by atoms with E-state index in [9.17, 15) is 0 Å². The van der Waals surface area contributed by atoms with Crippen molar-refractivity contribution in [3.63, 3.8) is 0 Å². The maximum absolute atomic E-state index is 6.15. The summed E-state index contributed by atoms with van der Waals surface area (Å²) >= 11 is 3.43. The Morgan fingerprint density at radius 1 is 1.42 bits per heavy atom. The topological polar surface area (TPSA) is 56.7 Å². The van der Waals surface area contributed by atoms with Crippen LogP contribution in [0.5, 0.6) is 0 Å². The maximum Gasteiger partial charge on any atom is 0.202 e. The number of imidazole rings is 1. The third-order valence-corrected chi connectivity index (χ3v) is 4.72. The van der Waals surface area contributed by atoms with Crippen molar-refractivity contribution in [2.75, 3.05) is 5.73 Å². The summed E-state index contributed by atoms with van der Waals surface area (Å²) in [4.78, 5) is 8.98. The van der Waals surface area contributed by atoms with Crippen LogP contribution in [0.2, 0.25) is 0 Å². The number of anilines is 1. The van der Waals surface area contributed by atoms with Crippen LogP contribution in [0, 0.1) is 5.41 Å². The molecule has 3 rings (SSSR count). The number of halogens is 1. The number of nitrogen functional groups attached to an aromatic ring is 1. The molecule has 19 heavy (non-hydrogen) atoms. The Hall–Kier alpha value is -1.10. The third kappa shape index (κ3) is 2.14. The molecule has 5 heteroatoms. The normalized spacial score (nSPS) is 22.8. The molecule has 0 aromatic carbocycles. The number of aromatic nitrogens is 3. The van der Waals surface area contributed by atoms with E-state index in [-0.39, 0.29) is 5.41 Å². The molecule has 0 bridgehead atoms. The van der Waals surface area contributed by atoms with Gasteiger partial charge in [0.15, 0.2) is 5.65 Å². The SMILES string of the molecule is CC1(C)CCCCC1n1c(N)nc2cc(Br)cnc21. The van der Waals surface area contributed by atoms with E-state index in [2.05, 4.69) is 44.3 Å². The Labute approximate surface area is 121 Å². The molecule has 1 unspecified atom stereocenters. The summed E-state index contributed by atoms with van der Waals surface area (Å²) < 4.78 is 3.08. The second-order valence-electron chi connectivity index (χ2n) is 6.09. The Kier molecular flexibility index (Phi) is 3.04. The maximum atomic E-state index is 6.15. The highest BCUT2D eigenvalue weighted by Gasteiger charge is 2.35. The van der Waals surface area contributed by atoms with E-state index in [0.717, 1.165) is 22.1 Å². The van der Waals surface area contributed by atoms with Crippen molar-refractivity contribution in [1.29, 1.82) is 0 Å². The van der Waals surface area contributed by atoms with Gasteiger partial charge in [-0.05, 0) is 40.3 Å². The molecule has 0 amide bonds. The van der Waals surface area contributed by atoms with Crippen LogP contribution in [0.3, 0.4) is 0 Å². The molecule has 0 aliphatic heterocycles. The van der Waals surface area contributed by atoms with Gasteiger partial charge in [0.1, 0.15) is 5.52 Å². The van der Waals surface area contributed by atoms with Crippen LogP contribution in [-0.2, 0) is 0 Å². The monoisotopic (exact) mass is 322 g/mol. The van der Waals surface area contributed by atoms with Crippen LogP contribution >= 0.6 is 15.9 Å². The zero-order valence-electron chi connectivity index (χ0n) is 11.4. The van der Waals surface area contributed by atoms with Gasteiger partial charge in [-0.2, -0.15) is 0 Å². The van der Waals surface area contributed by atoms with Crippen LogP contribution in [0.1, 0.15) is 45.6 Å². The fraction of sp³-hybridized carbons (Fsp3) is 0.571. The van der Waals surface area contributed by atoms with Crippen molar-refractivity contribution < 1.29 is 0 Å². The van der Waals surface area contributed by atoms with E-state index in [0.29, 0.717) is 12.0 Å². The van der Waals surface area contributed by atoms with Crippen molar-refractivity contribution in [1.82, 2.24) is 14.5 Å². The van der Waals surface area contributed by atoms with Gasteiger partial charge in [-0.3, -0.25) is 4.57 Å². The number of fused-ring (bicyclic) bond motifs is 1. The van der Waals surface area contributed by atoms with Gasteiger partial charge in [-0.1, -0.05) is 26.7 Å². The van der Waals surface area contributed by atoms with E-state index < -0.39 is 0 Å². The molecule has 1 saturated carbocycles. The molecule has 1 aliphatic carbocycles. The van der Waals surface area contributed by atoms with E-state index in [1.54, 1.807) is 0 Å². The summed E-state index contributed by atoms with van der Waals surface area (Å²) in [6.07, 6.45) is 6.75. The van der Waals surface area contributed by atoms with Gasteiger partial charge in [0.25, 0.3) is 0 Å². The van der Waals surface area contributed by atoms with Gasteiger partial charge in [-0.25, -0.2) is 9.97 Å². The van der Waals surface area contributed by atoms with Crippen molar-refractivity contribution in [3.05, 3.63) is 16.7 Å². The predicted octanol–water partition coefficient (Wildman–Crippen LogP) is 3.92. The fourth-order valence-corrected chi connectivity index (χ4v) is 3.56. The van der Waals surface area contributed by atoms with Gasteiger partial charge >= 0.3 is 0 Å². The van der Waals surface area contributed by atoms with Crippen LogP contribution < -0.4 is 5.73 Å². The van der Waals surface area contributed by atoms with Crippen molar-refractivity contribution in [2.45, 2.75) is 45.6 Å². The highest BCUT2D eigenvalue weighted by molar-refractivity contribution is 9.10. The molecular formula is C14H19BrN4. The summed E-state index contributed by atoms with van der Waals surface area (Å²) in [7, 11) is 0. The summed E-state index contributed by atoms with van der Waals surface area (Å²) in [5, 5.41) is 0. The van der Waals surface area contributed by atoms with Gasteiger partial charge in [-0.15, -0.1) is 0 Å². The van der Waals surface area contributed by atoms with Crippen LogP contribution in [0.4, 0.5) is 5.95 Å². The number of hydrogen-bond donors (Lipinski definition) is 1. The van der Waals surface area contributed by atoms with Crippen LogP contribution in [0.15, 0.2) is 16.7 Å². The highest BCUT2D eigenvalue weighted by Crippen LogP contribution is 2.45. The zero-order chi connectivity index (χ0) is 13.6. The second kappa shape index (κ2) is 4.47. The zero-order valence-corrected chi connectivity index (χ0v) is 12.9. The standard InChI is InChI=1S/C14H19BrN4/c1-14(2)6-4-3-5-11(14)19-12-10(18-13(19)16)7-9(15)8-17-12/h7-8,11H,3-6H2,1-2H3,(H2,16,18). The lowest BCUT2D eigenvalue weighted by atomic mass is 9.73. The molecule has 1 fully saturated rings. The quantitative estimate of drug-likeness (QED) is 0.865. The summed E-state index contributed by atoms with van der Waals surface area (Å²) in [6, 6.07) is 2.37. The Morgan fingerprint density at radius 3 is 2.95 bits per heavy atom. The summed E-state index contributed by atoms with van der Waals surface area (Å²) in [6.45, 7) is 4.64.